The number of carbonyl (C=O) groups excluding carboxylic acids is 3. The Morgan fingerprint density at radius 1 is 0.378 bits per heavy atom. The molecule has 436 valence electrons. The van der Waals surface area contributed by atoms with Crippen molar-refractivity contribution in [2.75, 3.05) is 26.4 Å². The lowest BCUT2D eigenvalue weighted by molar-refractivity contribution is -0.161. The van der Waals surface area contributed by atoms with Gasteiger partial charge in [-0.15, -0.1) is 0 Å². The Balaban J connectivity index is 4.67. The van der Waals surface area contributed by atoms with Crippen molar-refractivity contribution in [3.05, 3.63) is 24.3 Å². The molecule has 0 aliphatic carbocycles. The maximum Gasteiger partial charge on any atom is 0.472 e. The molecule has 11 nitrogen and oxygen atoms in total. The van der Waals surface area contributed by atoms with Crippen molar-refractivity contribution in [1.29, 1.82) is 0 Å². The summed E-state index contributed by atoms with van der Waals surface area (Å²) in [5.41, 5.74) is 0. The molecular formula is C62H117O11P. The summed E-state index contributed by atoms with van der Waals surface area (Å²) >= 11 is 0. The van der Waals surface area contributed by atoms with Crippen LogP contribution in [0.15, 0.2) is 24.3 Å². The fourth-order valence-corrected chi connectivity index (χ4v) is 9.88. The van der Waals surface area contributed by atoms with Crippen LogP contribution in [0.1, 0.15) is 316 Å². The highest BCUT2D eigenvalue weighted by Crippen LogP contribution is 2.43. The van der Waals surface area contributed by atoms with Crippen molar-refractivity contribution in [2.45, 2.75) is 328 Å². The average Bonchev–Trinajstić information content (AvgIpc) is 3.39. The topological polar surface area (TPSA) is 155 Å². The molecule has 0 rings (SSSR count). The number of rotatable bonds is 59. The molecule has 3 atom stereocenters. The van der Waals surface area contributed by atoms with Crippen molar-refractivity contribution in [3.63, 3.8) is 0 Å². The molecule has 0 amide bonds. The molecule has 0 saturated carbocycles. The van der Waals surface area contributed by atoms with E-state index in [1.807, 2.05) is 0 Å². The highest BCUT2D eigenvalue weighted by Gasteiger charge is 2.28. The molecule has 0 aromatic heterocycles. The minimum absolute atomic E-state index is 0.173. The Hall–Kier alpha value is -2.04. The van der Waals surface area contributed by atoms with Crippen LogP contribution in [0.2, 0.25) is 0 Å². The molecule has 0 bridgehead atoms. The van der Waals surface area contributed by atoms with Crippen LogP contribution in [-0.4, -0.2) is 66.5 Å². The number of carbonyl (C=O) groups is 3. The molecule has 0 spiro atoms. The third-order valence-corrected chi connectivity index (χ3v) is 14.8. The third kappa shape index (κ3) is 54.7. The van der Waals surface area contributed by atoms with Gasteiger partial charge >= 0.3 is 25.7 Å². The van der Waals surface area contributed by atoms with Gasteiger partial charge in [0.25, 0.3) is 0 Å². The standard InChI is InChI=1S/C62H117O11P/c1-4-7-10-13-16-19-22-24-26-28-29-31-33-35-38-41-44-47-50-53-62(66)73-59(55-69-60(64)51-48-45-42-39-37-34-32-30-27-25-23-20-17-14-11-8-5-2)57-71-74(67,68)70-56-58(54-63)72-61(65)52-49-46-43-40-36-21-18-15-12-9-6-3/h17,20,25,27,58-59,63H,4-16,18-19,21-24,26,28-57H2,1-3H3,(H,67,68)/b20-17-,27-25-. The van der Waals surface area contributed by atoms with Crippen LogP contribution in [-0.2, 0) is 42.2 Å². The van der Waals surface area contributed by atoms with Gasteiger partial charge in [0.1, 0.15) is 12.7 Å². The Morgan fingerprint density at radius 3 is 1.03 bits per heavy atom. The van der Waals surface area contributed by atoms with Gasteiger partial charge in [-0.2, -0.15) is 0 Å². The van der Waals surface area contributed by atoms with Crippen LogP contribution in [0.3, 0.4) is 0 Å². The van der Waals surface area contributed by atoms with E-state index in [2.05, 4.69) is 45.1 Å². The van der Waals surface area contributed by atoms with Crippen molar-refractivity contribution in [2.24, 2.45) is 0 Å². The lowest BCUT2D eigenvalue weighted by Gasteiger charge is -2.21. The van der Waals surface area contributed by atoms with Gasteiger partial charge in [0.05, 0.1) is 19.8 Å². The molecule has 0 radical (unpaired) electrons. The fraction of sp³-hybridized carbons (Fsp3) is 0.887. The van der Waals surface area contributed by atoms with Crippen molar-refractivity contribution in [1.82, 2.24) is 0 Å². The first-order valence-corrected chi connectivity index (χ1v) is 32.7. The van der Waals surface area contributed by atoms with E-state index >= 15 is 0 Å². The van der Waals surface area contributed by atoms with E-state index in [9.17, 15) is 28.9 Å². The Kier molecular flexibility index (Phi) is 55.6. The molecule has 0 aliphatic rings. The Morgan fingerprint density at radius 2 is 0.662 bits per heavy atom. The van der Waals surface area contributed by atoms with Crippen molar-refractivity contribution in [3.8, 4) is 0 Å². The van der Waals surface area contributed by atoms with Gasteiger partial charge < -0.3 is 24.2 Å². The van der Waals surface area contributed by atoms with Crippen LogP contribution >= 0.6 is 7.82 Å². The third-order valence-electron chi connectivity index (χ3n) is 13.9. The number of phosphoric acid groups is 1. The van der Waals surface area contributed by atoms with Gasteiger partial charge in [-0.25, -0.2) is 4.57 Å². The summed E-state index contributed by atoms with van der Waals surface area (Å²) < 4.78 is 39.6. The van der Waals surface area contributed by atoms with Crippen LogP contribution in [0.4, 0.5) is 0 Å². The summed E-state index contributed by atoms with van der Waals surface area (Å²) in [7, 11) is -4.74. The Labute approximate surface area is 455 Å². The van der Waals surface area contributed by atoms with E-state index in [-0.39, 0.29) is 25.9 Å². The molecule has 0 aromatic carbocycles. The van der Waals surface area contributed by atoms with E-state index in [1.54, 1.807) is 0 Å². The Bertz CT molecular complexity index is 1340. The number of allylic oxidation sites excluding steroid dienone is 4. The molecule has 2 N–H and O–H groups in total. The molecule has 0 heterocycles. The number of aliphatic hydroxyl groups excluding tert-OH is 1. The monoisotopic (exact) mass is 1070 g/mol. The fourth-order valence-electron chi connectivity index (χ4n) is 9.10. The van der Waals surface area contributed by atoms with E-state index in [0.717, 1.165) is 70.6 Å². The SMILES string of the molecule is CCCCC/C=C\C/C=C\CCCCCCCCCC(=O)OCC(COP(=O)(O)OCC(CO)OC(=O)CCCCCCCCCCCCC)OC(=O)CCCCCCCCCCCCCCCCCCCCC. The highest BCUT2D eigenvalue weighted by atomic mass is 31.2. The molecule has 3 unspecified atom stereocenters. The number of hydrogen-bond acceptors (Lipinski definition) is 10. The predicted octanol–water partition coefficient (Wildman–Crippen LogP) is 18.6. The second kappa shape index (κ2) is 57.1. The molecule has 0 saturated heterocycles. The molecule has 0 fully saturated rings. The lowest BCUT2D eigenvalue weighted by atomic mass is 10.0. The lowest BCUT2D eigenvalue weighted by Crippen LogP contribution is -2.30. The zero-order chi connectivity index (χ0) is 54.1. The first kappa shape index (κ1) is 72.0. The number of hydrogen-bond donors (Lipinski definition) is 2. The summed E-state index contributed by atoms with van der Waals surface area (Å²) in [6, 6.07) is 0. The van der Waals surface area contributed by atoms with Gasteiger partial charge in [-0.3, -0.25) is 23.4 Å². The normalized spacial score (nSPS) is 13.4. The van der Waals surface area contributed by atoms with Crippen LogP contribution in [0, 0.1) is 0 Å². The van der Waals surface area contributed by atoms with Crippen molar-refractivity contribution >= 4 is 25.7 Å². The molecule has 0 aromatic rings. The van der Waals surface area contributed by atoms with Crippen LogP contribution < -0.4 is 0 Å². The van der Waals surface area contributed by atoms with Crippen LogP contribution in [0.5, 0.6) is 0 Å². The summed E-state index contributed by atoms with van der Waals surface area (Å²) in [5, 5.41) is 9.81. The maximum atomic E-state index is 12.9. The summed E-state index contributed by atoms with van der Waals surface area (Å²) in [5.74, 6) is -1.44. The largest absolute Gasteiger partial charge is 0.472 e. The number of aliphatic hydroxyl groups is 1. The van der Waals surface area contributed by atoms with Crippen molar-refractivity contribution < 1.29 is 52.2 Å². The van der Waals surface area contributed by atoms with Gasteiger partial charge in [0.15, 0.2) is 6.10 Å². The van der Waals surface area contributed by atoms with E-state index < -0.39 is 57.8 Å². The number of unbranched alkanes of at least 4 members (excludes halogenated alkanes) is 38. The number of esters is 3. The van der Waals surface area contributed by atoms with Gasteiger partial charge in [-0.05, 0) is 51.4 Å². The zero-order valence-corrected chi connectivity index (χ0v) is 49.2. The minimum atomic E-state index is -4.74. The van der Waals surface area contributed by atoms with Gasteiger partial charge in [-0.1, -0.05) is 270 Å². The summed E-state index contributed by atoms with van der Waals surface area (Å²) in [6.07, 6.45) is 58.5. The first-order valence-electron chi connectivity index (χ1n) is 31.2. The van der Waals surface area contributed by atoms with E-state index in [1.165, 1.54) is 186 Å². The molecule has 0 aliphatic heterocycles. The predicted molar refractivity (Wildman–Crippen MR) is 307 cm³/mol. The van der Waals surface area contributed by atoms with E-state index in [4.69, 9.17) is 23.3 Å². The smallest absolute Gasteiger partial charge is 0.462 e. The van der Waals surface area contributed by atoms with Crippen LogP contribution in [0.25, 0.3) is 0 Å². The molecule has 12 heteroatoms. The zero-order valence-electron chi connectivity index (χ0n) is 48.3. The highest BCUT2D eigenvalue weighted by molar-refractivity contribution is 7.47. The minimum Gasteiger partial charge on any atom is -0.462 e. The molecule has 74 heavy (non-hydrogen) atoms. The average molecular weight is 1070 g/mol. The number of phosphoric ester groups is 1. The first-order chi connectivity index (χ1) is 36.2. The van der Waals surface area contributed by atoms with Gasteiger partial charge in [0.2, 0.25) is 0 Å². The number of ether oxygens (including phenoxy) is 3. The maximum absolute atomic E-state index is 12.9. The summed E-state index contributed by atoms with van der Waals surface area (Å²) in [4.78, 5) is 48.6. The van der Waals surface area contributed by atoms with Gasteiger partial charge in [0, 0.05) is 19.3 Å². The quantitative estimate of drug-likeness (QED) is 0.0197. The second-order valence-electron chi connectivity index (χ2n) is 21.2. The van der Waals surface area contributed by atoms with E-state index in [0.29, 0.717) is 19.3 Å². The summed E-state index contributed by atoms with van der Waals surface area (Å²) in [6.45, 7) is 4.67. The second-order valence-corrected chi connectivity index (χ2v) is 22.7. The molecular weight excluding hydrogens is 952 g/mol.